The van der Waals surface area contributed by atoms with Crippen LogP contribution in [0.3, 0.4) is 0 Å². The first kappa shape index (κ1) is 32.6. The molecule has 2 atom stereocenters. The normalized spacial score (nSPS) is 16.3. The molecule has 2 N–H and O–H groups in total. The zero-order valence-corrected chi connectivity index (χ0v) is 26.3. The lowest BCUT2D eigenvalue weighted by Gasteiger charge is -2.28. The van der Waals surface area contributed by atoms with Crippen LogP contribution in [0, 0.1) is 5.92 Å². The largest absolute Gasteiger partial charge is 0.395 e. The second-order valence-corrected chi connectivity index (χ2v) is 11.7. The minimum atomic E-state index is -1.91. The van der Waals surface area contributed by atoms with Gasteiger partial charge in [0.05, 0.1) is 18.8 Å². The third-order valence-electron chi connectivity index (χ3n) is 8.24. The second-order valence-electron chi connectivity index (χ2n) is 11.2. The van der Waals surface area contributed by atoms with E-state index in [1.165, 1.54) is 9.80 Å². The summed E-state index contributed by atoms with van der Waals surface area (Å²) in [7, 11) is 0. The maximum atomic E-state index is 14.0. The second kappa shape index (κ2) is 14.6. The lowest BCUT2D eigenvalue weighted by molar-refractivity contribution is -0.139. The van der Waals surface area contributed by atoms with Crippen molar-refractivity contribution in [3.05, 3.63) is 137 Å². The number of fused-ring (bicyclic) bond motifs is 1. The SMILES string of the molecule is C[C@@H](/C=C/CC(=O)N(CCO)Cc1ccccc1)[C@]1(O)C(=O)N(Cc2ccc(N(C=O)c3ccccc3)cc2)c2ccc(Cl)cc21. The molecule has 1 aliphatic heterocycles. The van der Waals surface area contributed by atoms with E-state index in [0.29, 0.717) is 28.5 Å². The van der Waals surface area contributed by atoms with Crippen LogP contribution >= 0.6 is 11.6 Å². The first-order valence-corrected chi connectivity index (χ1v) is 15.5. The van der Waals surface area contributed by atoms with Crippen molar-refractivity contribution in [1.82, 2.24) is 4.90 Å². The number of rotatable bonds is 13. The highest BCUT2D eigenvalue weighted by Crippen LogP contribution is 2.46. The number of anilines is 3. The van der Waals surface area contributed by atoms with Crippen molar-refractivity contribution in [3.63, 3.8) is 0 Å². The molecule has 5 rings (SSSR count). The highest BCUT2D eigenvalue weighted by Gasteiger charge is 2.52. The topological polar surface area (TPSA) is 101 Å². The average molecular weight is 638 g/mol. The number of aliphatic hydroxyl groups excluding tert-OH is 1. The van der Waals surface area contributed by atoms with E-state index in [1.54, 1.807) is 42.2 Å². The van der Waals surface area contributed by atoms with Crippen LogP contribution in [0.25, 0.3) is 0 Å². The quantitative estimate of drug-likeness (QED) is 0.139. The molecule has 0 saturated carbocycles. The van der Waals surface area contributed by atoms with Gasteiger partial charge in [-0.3, -0.25) is 19.3 Å². The number of hydrogen-bond donors (Lipinski definition) is 2. The van der Waals surface area contributed by atoms with Crippen LogP contribution in [0.15, 0.2) is 115 Å². The van der Waals surface area contributed by atoms with Gasteiger partial charge in [-0.2, -0.15) is 0 Å². The zero-order valence-electron chi connectivity index (χ0n) is 25.5. The lowest BCUT2D eigenvalue weighted by atomic mass is 9.83. The molecule has 0 radical (unpaired) electrons. The van der Waals surface area contributed by atoms with Gasteiger partial charge in [0.1, 0.15) is 0 Å². The first-order chi connectivity index (χ1) is 22.3. The molecular formula is C37H36ClN3O5. The number of amides is 3. The predicted octanol–water partition coefficient (Wildman–Crippen LogP) is 5.97. The Balaban J connectivity index is 1.32. The number of hydrogen-bond acceptors (Lipinski definition) is 5. The Morgan fingerprint density at radius 1 is 0.935 bits per heavy atom. The third-order valence-corrected chi connectivity index (χ3v) is 8.48. The molecular weight excluding hydrogens is 602 g/mol. The molecule has 0 unspecified atom stereocenters. The molecule has 8 nitrogen and oxygen atoms in total. The standard InChI is InChI=1S/C37H36ClN3O5/c1-27(9-8-14-35(44)39(21-22-42)24-28-10-4-2-5-11-28)37(46)33-23-30(38)17-20-34(33)40(36(37)45)25-29-15-18-32(19-16-29)41(26-43)31-12-6-3-7-13-31/h2-13,15-20,23,26-27,42,46H,14,21-22,24-25H2,1H3/b9-8+/t27-,37+/m0/s1. The summed E-state index contributed by atoms with van der Waals surface area (Å²) in [5.41, 5.74) is 2.20. The lowest BCUT2D eigenvalue weighted by Crippen LogP contribution is -2.44. The molecule has 1 aliphatic rings. The minimum Gasteiger partial charge on any atom is -0.395 e. The molecule has 0 spiro atoms. The van der Waals surface area contributed by atoms with E-state index in [4.69, 9.17) is 11.6 Å². The number of aliphatic hydroxyl groups is 2. The number of carbonyl (C=O) groups is 3. The van der Waals surface area contributed by atoms with Gasteiger partial charge in [0.15, 0.2) is 5.60 Å². The Bertz CT molecular complexity index is 1700. The Kier molecular flexibility index (Phi) is 10.3. The summed E-state index contributed by atoms with van der Waals surface area (Å²) in [5, 5.41) is 21.9. The van der Waals surface area contributed by atoms with Crippen LogP contribution in [0.5, 0.6) is 0 Å². The average Bonchev–Trinajstić information content (AvgIpc) is 3.28. The number of halogens is 1. The van der Waals surface area contributed by atoms with Gasteiger partial charge >= 0.3 is 0 Å². The van der Waals surface area contributed by atoms with Gasteiger partial charge < -0.3 is 20.0 Å². The van der Waals surface area contributed by atoms with Crippen LogP contribution in [-0.2, 0) is 33.1 Å². The van der Waals surface area contributed by atoms with Crippen LogP contribution < -0.4 is 9.80 Å². The van der Waals surface area contributed by atoms with Crippen molar-refractivity contribution in [2.24, 2.45) is 5.92 Å². The van der Waals surface area contributed by atoms with Gasteiger partial charge in [0, 0.05) is 47.4 Å². The Morgan fingerprint density at radius 3 is 2.24 bits per heavy atom. The van der Waals surface area contributed by atoms with Gasteiger partial charge in [-0.05, 0) is 53.6 Å². The maximum Gasteiger partial charge on any atom is 0.264 e. The molecule has 0 bridgehead atoms. The van der Waals surface area contributed by atoms with E-state index in [2.05, 4.69) is 0 Å². The van der Waals surface area contributed by atoms with Crippen molar-refractivity contribution in [2.75, 3.05) is 23.0 Å². The molecule has 46 heavy (non-hydrogen) atoms. The summed E-state index contributed by atoms with van der Waals surface area (Å²) in [4.78, 5) is 43.5. The summed E-state index contributed by atoms with van der Waals surface area (Å²) < 4.78 is 0. The third kappa shape index (κ3) is 6.89. The molecule has 1 heterocycles. The van der Waals surface area contributed by atoms with Gasteiger partial charge in [-0.1, -0.05) is 91.3 Å². The fourth-order valence-electron chi connectivity index (χ4n) is 5.74. The van der Waals surface area contributed by atoms with Crippen LogP contribution in [0.1, 0.15) is 30.0 Å². The van der Waals surface area contributed by atoms with Crippen molar-refractivity contribution >= 4 is 46.9 Å². The summed E-state index contributed by atoms with van der Waals surface area (Å²) >= 11 is 6.34. The first-order valence-electron chi connectivity index (χ1n) is 15.1. The monoisotopic (exact) mass is 637 g/mol. The molecule has 9 heteroatoms. The number of carbonyl (C=O) groups excluding carboxylic acids is 3. The van der Waals surface area contributed by atoms with Crippen LogP contribution in [-0.4, -0.2) is 46.5 Å². The van der Waals surface area contributed by atoms with E-state index in [0.717, 1.165) is 23.2 Å². The van der Waals surface area contributed by atoms with Gasteiger partial charge in [-0.15, -0.1) is 0 Å². The highest BCUT2D eigenvalue weighted by molar-refractivity contribution is 6.31. The molecule has 0 aliphatic carbocycles. The van der Waals surface area contributed by atoms with Crippen molar-refractivity contribution < 1.29 is 24.6 Å². The number of benzene rings is 4. The van der Waals surface area contributed by atoms with E-state index in [9.17, 15) is 24.6 Å². The van der Waals surface area contributed by atoms with Gasteiger partial charge in [-0.25, -0.2) is 0 Å². The highest BCUT2D eigenvalue weighted by atomic mass is 35.5. The van der Waals surface area contributed by atoms with E-state index >= 15 is 0 Å². The molecule has 0 aromatic heterocycles. The molecule has 0 saturated heterocycles. The minimum absolute atomic E-state index is 0.0424. The smallest absolute Gasteiger partial charge is 0.264 e. The molecule has 236 valence electrons. The van der Waals surface area contributed by atoms with Crippen molar-refractivity contribution in [1.29, 1.82) is 0 Å². The molecule has 4 aromatic rings. The summed E-state index contributed by atoms with van der Waals surface area (Å²) in [5.74, 6) is -1.37. The Hall–Kier alpha value is -4.76. The fourth-order valence-corrected chi connectivity index (χ4v) is 5.91. The molecule has 0 fully saturated rings. The van der Waals surface area contributed by atoms with Gasteiger partial charge in [0.25, 0.3) is 5.91 Å². The summed E-state index contributed by atoms with van der Waals surface area (Å²) in [6, 6.07) is 31.1. The van der Waals surface area contributed by atoms with Crippen molar-refractivity contribution in [3.8, 4) is 0 Å². The fraction of sp³-hybridized carbons (Fsp3) is 0.216. The Labute approximate surface area is 273 Å². The number of para-hydroxylation sites is 1. The van der Waals surface area contributed by atoms with Crippen LogP contribution in [0.4, 0.5) is 17.1 Å². The van der Waals surface area contributed by atoms with Crippen molar-refractivity contribution in [2.45, 2.75) is 32.0 Å². The van der Waals surface area contributed by atoms with E-state index in [1.807, 2.05) is 84.9 Å². The van der Waals surface area contributed by atoms with E-state index < -0.39 is 17.4 Å². The molecule has 4 aromatic carbocycles. The summed E-state index contributed by atoms with van der Waals surface area (Å²) in [6.45, 7) is 2.32. The Morgan fingerprint density at radius 2 is 1.59 bits per heavy atom. The zero-order chi connectivity index (χ0) is 32.7. The summed E-state index contributed by atoms with van der Waals surface area (Å²) in [6.07, 6.45) is 4.13. The van der Waals surface area contributed by atoms with E-state index in [-0.39, 0.29) is 32.0 Å². The maximum absolute atomic E-state index is 14.0. The number of nitrogens with zero attached hydrogens (tertiary/aromatic N) is 3. The van der Waals surface area contributed by atoms with Gasteiger partial charge in [0.2, 0.25) is 12.3 Å². The molecule has 3 amide bonds. The van der Waals surface area contributed by atoms with Crippen LogP contribution in [0.2, 0.25) is 5.02 Å². The predicted molar refractivity (Wildman–Crippen MR) is 179 cm³/mol.